The second-order valence-electron chi connectivity index (χ2n) is 7.52. The molecule has 2 aliphatic heterocycles. The quantitative estimate of drug-likeness (QED) is 0.723. The van der Waals surface area contributed by atoms with Gasteiger partial charge in [-0.1, -0.05) is 29.8 Å². The van der Waals surface area contributed by atoms with Crippen molar-refractivity contribution in [1.82, 2.24) is 4.90 Å². The molecular formula is C21H23ClN2O4S. The number of carbonyl (C=O) groups is 1. The Morgan fingerprint density at radius 3 is 2.55 bits per heavy atom. The maximum atomic E-state index is 13.0. The normalized spacial score (nSPS) is 23.8. The Balaban J connectivity index is 1.58. The van der Waals surface area contributed by atoms with Crippen LogP contribution < -0.4 is 9.64 Å². The van der Waals surface area contributed by atoms with Crippen LogP contribution in [-0.2, 0) is 21.1 Å². The zero-order valence-electron chi connectivity index (χ0n) is 16.1. The van der Waals surface area contributed by atoms with Gasteiger partial charge in [0.15, 0.2) is 9.84 Å². The molecule has 0 bridgehead atoms. The predicted molar refractivity (Wildman–Crippen MR) is 113 cm³/mol. The third-order valence-electron chi connectivity index (χ3n) is 5.63. The van der Waals surface area contributed by atoms with Crippen LogP contribution in [0.3, 0.4) is 0 Å². The molecule has 0 spiro atoms. The van der Waals surface area contributed by atoms with Crippen molar-refractivity contribution in [3.05, 3.63) is 59.1 Å². The van der Waals surface area contributed by atoms with Crippen LogP contribution in [0.4, 0.5) is 5.69 Å². The van der Waals surface area contributed by atoms with Gasteiger partial charge in [-0.15, -0.1) is 0 Å². The Kier molecular flexibility index (Phi) is 5.55. The van der Waals surface area contributed by atoms with E-state index in [1.165, 1.54) is 0 Å². The fraction of sp³-hybridized carbons (Fsp3) is 0.381. The smallest absolute Gasteiger partial charge is 0.241 e. The predicted octanol–water partition coefficient (Wildman–Crippen LogP) is 2.41. The van der Waals surface area contributed by atoms with Gasteiger partial charge in [-0.25, -0.2) is 8.42 Å². The van der Waals surface area contributed by atoms with E-state index in [4.69, 9.17) is 16.3 Å². The summed E-state index contributed by atoms with van der Waals surface area (Å²) in [6, 6.07) is 14.2. The highest BCUT2D eigenvalue weighted by molar-refractivity contribution is 7.91. The maximum absolute atomic E-state index is 13.0. The van der Waals surface area contributed by atoms with E-state index in [1.807, 2.05) is 41.3 Å². The molecule has 0 N–H and O–H groups in total. The molecule has 2 unspecified atom stereocenters. The van der Waals surface area contributed by atoms with Crippen LogP contribution in [-0.4, -0.2) is 63.0 Å². The Morgan fingerprint density at radius 1 is 1.10 bits per heavy atom. The molecule has 0 radical (unpaired) electrons. The van der Waals surface area contributed by atoms with Crippen molar-refractivity contribution in [3.63, 3.8) is 0 Å². The molecule has 2 aromatic rings. The first kappa shape index (κ1) is 20.2. The van der Waals surface area contributed by atoms with Gasteiger partial charge < -0.3 is 9.64 Å². The Labute approximate surface area is 175 Å². The summed E-state index contributed by atoms with van der Waals surface area (Å²) in [5.74, 6) is 0.606. The number of piperazine rings is 1. The first-order valence-corrected chi connectivity index (χ1v) is 11.7. The molecule has 2 fully saturated rings. The molecule has 154 valence electrons. The fourth-order valence-corrected chi connectivity index (χ4v) is 6.33. The Bertz CT molecular complexity index is 1010. The molecule has 0 aliphatic carbocycles. The van der Waals surface area contributed by atoms with Gasteiger partial charge in [0.1, 0.15) is 5.75 Å². The standard InChI is InChI=1S/C21H23ClN2O4S/c1-28-18-4-2-3-17(11-18)24-20-14-29(26,27)13-19(20)23(12-21(24)25)10-9-15-5-7-16(22)8-6-15/h2-8,11,19-20H,9-10,12-14H2,1H3. The van der Waals surface area contributed by atoms with Gasteiger partial charge in [0, 0.05) is 29.4 Å². The molecule has 1 amide bonds. The minimum atomic E-state index is -3.21. The topological polar surface area (TPSA) is 66.9 Å². The first-order valence-electron chi connectivity index (χ1n) is 9.51. The van der Waals surface area contributed by atoms with Gasteiger partial charge in [0.25, 0.3) is 0 Å². The number of nitrogens with zero attached hydrogens (tertiary/aromatic N) is 2. The summed E-state index contributed by atoms with van der Waals surface area (Å²) < 4.78 is 30.2. The summed E-state index contributed by atoms with van der Waals surface area (Å²) in [6.07, 6.45) is 0.729. The number of sulfone groups is 1. The highest BCUT2D eigenvalue weighted by Crippen LogP contribution is 2.33. The first-order chi connectivity index (χ1) is 13.9. The monoisotopic (exact) mass is 434 g/mol. The number of rotatable bonds is 5. The van der Waals surface area contributed by atoms with E-state index in [0.717, 1.165) is 12.0 Å². The zero-order chi connectivity index (χ0) is 20.6. The minimum Gasteiger partial charge on any atom is -0.497 e. The molecule has 0 saturated carbocycles. The molecule has 29 heavy (non-hydrogen) atoms. The van der Waals surface area contributed by atoms with Crippen molar-refractivity contribution in [2.24, 2.45) is 0 Å². The van der Waals surface area contributed by atoms with Crippen molar-refractivity contribution >= 4 is 33.0 Å². The average molecular weight is 435 g/mol. The third-order valence-corrected chi connectivity index (χ3v) is 7.58. The lowest BCUT2D eigenvalue weighted by Crippen LogP contribution is -2.62. The highest BCUT2D eigenvalue weighted by Gasteiger charge is 2.49. The summed E-state index contributed by atoms with van der Waals surface area (Å²) in [5.41, 5.74) is 1.79. The fourth-order valence-electron chi connectivity index (χ4n) is 4.22. The van der Waals surface area contributed by atoms with Crippen molar-refractivity contribution < 1.29 is 17.9 Å². The molecule has 2 heterocycles. The van der Waals surface area contributed by atoms with E-state index >= 15 is 0 Å². The van der Waals surface area contributed by atoms with E-state index in [9.17, 15) is 13.2 Å². The Morgan fingerprint density at radius 2 is 1.83 bits per heavy atom. The maximum Gasteiger partial charge on any atom is 0.241 e. The SMILES string of the molecule is COc1cccc(N2C(=O)CN(CCc3ccc(Cl)cc3)C3CS(=O)(=O)CC32)c1. The van der Waals surface area contributed by atoms with E-state index in [2.05, 4.69) is 0 Å². The van der Waals surface area contributed by atoms with Gasteiger partial charge in [-0.05, 0) is 36.2 Å². The molecule has 2 aromatic carbocycles. The molecule has 6 nitrogen and oxygen atoms in total. The van der Waals surface area contributed by atoms with E-state index < -0.39 is 15.9 Å². The van der Waals surface area contributed by atoms with E-state index in [-0.39, 0.29) is 30.0 Å². The van der Waals surface area contributed by atoms with Crippen molar-refractivity contribution in [2.75, 3.05) is 36.6 Å². The van der Waals surface area contributed by atoms with Crippen LogP contribution in [0.25, 0.3) is 0 Å². The number of benzene rings is 2. The molecule has 2 aliphatic rings. The molecular weight excluding hydrogens is 412 g/mol. The van der Waals surface area contributed by atoms with Crippen LogP contribution in [0.1, 0.15) is 5.56 Å². The number of hydrogen-bond acceptors (Lipinski definition) is 5. The average Bonchev–Trinajstić information content (AvgIpc) is 3.02. The number of fused-ring (bicyclic) bond motifs is 1. The summed E-state index contributed by atoms with van der Waals surface area (Å²) >= 11 is 5.94. The number of carbonyl (C=O) groups excluding carboxylic acids is 1. The molecule has 2 saturated heterocycles. The number of methoxy groups -OCH3 is 1. The third kappa shape index (κ3) is 4.27. The lowest BCUT2D eigenvalue weighted by molar-refractivity contribution is -0.123. The van der Waals surface area contributed by atoms with Crippen LogP contribution in [0, 0.1) is 0 Å². The molecule has 2 atom stereocenters. The summed E-state index contributed by atoms with van der Waals surface area (Å²) in [5, 5.41) is 0.679. The molecule has 4 rings (SSSR count). The second-order valence-corrected chi connectivity index (χ2v) is 10.1. The van der Waals surface area contributed by atoms with Gasteiger partial charge in [-0.2, -0.15) is 0 Å². The van der Waals surface area contributed by atoms with Gasteiger partial charge in [0.2, 0.25) is 5.91 Å². The number of amides is 1. The number of hydrogen-bond donors (Lipinski definition) is 0. The molecule has 8 heteroatoms. The lowest BCUT2D eigenvalue weighted by Gasteiger charge is -2.43. The minimum absolute atomic E-state index is 0.0158. The second kappa shape index (κ2) is 7.97. The summed E-state index contributed by atoms with van der Waals surface area (Å²) in [7, 11) is -1.65. The zero-order valence-corrected chi connectivity index (χ0v) is 17.7. The summed E-state index contributed by atoms with van der Waals surface area (Å²) in [4.78, 5) is 16.7. The van der Waals surface area contributed by atoms with Crippen molar-refractivity contribution in [2.45, 2.75) is 18.5 Å². The number of ether oxygens (including phenoxy) is 1. The van der Waals surface area contributed by atoms with Crippen LogP contribution in [0.2, 0.25) is 5.02 Å². The van der Waals surface area contributed by atoms with E-state index in [0.29, 0.717) is 23.0 Å². The largest absolute Gasteiger partial charge is 0.497 e. The van der Waals surface area contributed by atoms with Gasteiger partial charge in [-0.3, -0.25) is 9.69 Å². The molecule has 0 aromatic heterocycles. The highest BCUT2D eigenvalue weighted by atomic mass is 35.5. The summed E-state index contributed by atoms with van der Waals surface area (Å²) in [6.45, 7) is 0.817. The lowest BCUT2D eigenvalue weighted by atomic mass is 10.0. The number of halogens is 1. The Hall–Kier alpha value is -2.09. The van der Waals surface area contributed by atoms with E-state index in [1.54, 1.807) is 24.1 Å². The van der Waals surface area contributed by atoms with Crippen LogP contribution >= 0.6 is 11.6 Å². The van der Waals surface area contributed by atoms with Gasteiger partial charge >= 0.3 is 0 Å². The van der Waals surface area contributed by atoms with Crippen molar-refractivity contribution in [1.29, 1.82) is 0 Å². The van der Waals surface area contributed by atoms with Crippen molar-refractivity contribution in [3.8, 4) is 5.75 Å². The number of anilines is 1. The van der Waals surface area contributed by atoms with Crippen LogP contribution in [0.15, 0.2) is 48.5 Å². The van der Waals surface area contributed by atoms with Crippen LogP contribution in [0.5, 0.6) is 5.75 Å². The van der Waals surface area contributed by atoms with Gasteiger partial charge in [0.05, 0.1) is 31.2 Å².